The summed E-state index contributed by atoms with van der Waals surface area (Å²) in [6, 6.07) is 15.8. The minimum Gasteiger partial charge on any atom is -0.495 e. The lowest BCUT2D eigenvalue weighted by molar-refractivity contribution is 0.417. The van der Waals surface area contributed by atoms with Crippen molar-refractivity contribution in [2.45, 2.75) is 13.8 Å². The van der Waals surface area contributed by atoms with Crippen LogP contribution >= 0.6 is 12.2 Å². The Hall–Kier alpha value is -2.40. The van der Waals surface area contributed by atoms with Crippen LogP contribution < -0.4 is 15.5 Å². The standard InChI is InChI=1S/C17H19N3OS/c1-12-8-10-14(11-9-12)13(2)19-20-17(22)18-15-6-4-5-7-16(15)21-3/h4-11H,1-3H3,(H2,18,20,22). The van der Waals surface area contributed by atoms with Crippen LogP contribution in [0.4, 0.5) is 5.69 Å². The van der Waals surface area contributed by atoms with Crippen LogP contribution in [-0.2, 0) is 0 Å². The maximum Gasteiger partial charge on any atom is 0.191 e. The summed E-state index contributed by atoms with van der Waals surface area (Å²) in [7, 11) is 1.62. The molecule has 4 nitrogen and oxygen atoms in total. The number of nitrogens with zero attached hydrogens (tertiary/aromatic N) is 1. The summed E-state index contributed by atoms with van der Waals surface area (Å²) in [5, 5.41) is 7.78. The SMILES string of the molecule is COc1ccccc1NC(=S)NN=C(C)c1ccc(C)cc1. The van der Waals surface area contributed by atoms with E-state index in [9.17, 15) is 0 Å². The fraction of sp³-hybridized carbons (Fsp3) is 0.176. The molecule has 0 heterocycles. The molecule has 22 heavy (non-hydrogen) atoms. The van der Waals surface area contributed by atoms with E-state index in [1.165, 1.54) is 5.56 Å². The van der Waals surface area contributed by atoms with Gasteiger partial charge in [-0.1, -0.05) is 42.0 Å². The van der Waals surface area contributed by atoms with Gasteiger partial charge in [-0.05, 0) is 43.8 Å². The summed E-state index contributed by atoms with van der Waals surface area (Å²) in [5.41, 5.74) is 6.78. The van der Waals surface area contributed by atoms with Gasteiger partial charge in [-0.2, -0.15) is 5.10 Å². The molecule has 2 aromatic rings. The predicted octanol–water partition coefficient (Wildman–Crippen LogP) is 3.71. The van der Waals surface area contributed by atoms with Crippen LogP contribution in [0, 0.1) is 6.92 Å². The molecule has 0 radical (unpaired) electrons. The van der Waals surface area contributed by atoms with Crippen LogP contribution in [-0.4, -0.2) is 17.9 Å². The highest BCUT2D eigenvalue weighted by atomic mass is 32.1. The van der Waals surface area contributed by atoms with Gasteiger partial charge < -0.3 is 10.1 Å². The van der Waals surface area contributed by atoms with Gasteiger partial charge >= 0.3 is 0 Å². The third-order valence-electron chi connectivity index (χ3n) is 3.15. The van der Waals surface area contributed by atoms with Gasteiger partial charge in [-0.25, -0.2) is 0 Å². The molecule has 0 amide bonds. The van der Waals surface area contributed by atoms with E-state index in [-0.39, 0.29) is 0 Å². The number of thiocarbonyl (C=S) groups is 1. The van der Waals surface area contributed by atoms with Crippen LogP contribution in [0.1, 0.15) is 18.1 Å². The molecule has 0 aromatic heterocycles. The molecule has 0 fully saturated rings. The third kappa shape index (κ3) is 4.30. The van der Waals surface area contributed by atoms with E-state index in [0.29, 0.717) is 5.11 Å². The zero-order valence-electron chi connectivity index (χ0n) is 12.9. The minimum absolute atomic E-state index is 0.413. The zero-order chi connectivity index (χ0) is 15.9. The van der Waals surface area contributed by atoms with E-state index >= 15 is 0 Å². The van der Waals surface area contributed by atoms with Crippen molar-refractivity contribution in [1.82, 2.24) is 5.43 Å². The highest BCUT2D eigenvalue weighted by Gasteiger charge is 2.03. The molecule has 2 N–H and O–H groups in total. The van der Waals surface area contributed by atoms with Crippen LogP contribution in [0.25, 0.3) is 0 Å². The number of hydrazone groups is 1. The normalized spacial score (nSPS) is 11.0. The Bertz CT molecular complexity index is 681. The Balaban J connectivity index is 2.00. The second kappa shape index (κ2) is 7.56. The summed E-state index contributed by atoms with van der Waals surface area (Å²) in [4.78, 5) is 0. The first-order valence-corrected chi connectivity index (χ1v) is 7.32. The van der Waals surface area contributed by atoms with E-state index in [4.69, 9.17) is 17.0 Å². The number of nitrogens with one attached hydrogen (secondary N) is 2. The number of ether oxygens (including phenoxy) is 1. The van der Waals surface area contributed by atoms with Crippen molar-refractivity contribution in [2.75, 3.05) is 12.4 Å². The van der Waals surface area contributed by atoms with Gasteiger partial charge in [0.25, 0.3) is 0 Å². The minimum atomic E-state index is 0.413. The van der Waals surface area contributed by atoms with Gasteiger partial charge in [0.05, 0.1) is 18.5 Å². The van der Waals surface area contributed by atoms with Crippen molar-refractivity contribution >= 4 is 28.7 Å². The maximum absolute atomic E-state index is 5.27. The van der Waals surface area contributed by atoms with Gasteiger partial charge in [0, 0.05) is 0 Å². The van der Waals surface area contributed by atoms with E-state index in [2.05, 4.69) is 34.9 Å². The molecule has 2 rings (SSSR count). The Kier molecular flexibility index (Phi) is 5.49. The van der Waals surface area contributed by atoms with Crippen molar-refractivity contribution < 1.29 is 4.74 Å². The first-order valence-electron chi connectivity index (χ1n) is 6.91. The molecule has 0 saturated heterocycles. The molecule has 5 heteroatoms. The fourth-order valence-corrected chi connectivity index (χ4v) is 2.05. The molecule has 2 aromatic carbocycles. The monoisotopic (exact) mass is 313 g/mol. The van der Waals surface area contributed by atoms with Crippen molar-refractivity contribution in [3.8, 4) is 5.75 Å². The molecule has 0 bridgehead atoms. The molecule has 0 saturated carbocycles. The lowest BCUT2D eigenvalue weighted by Crippen LogP contribution is -2.25. The summed E-state index contributed by atoms with van der Waals surface area (Å²) in [6.45, 7) is 3.99. The van der Waals surface area contributed by atoms with E-state index in [1.807, 2.05) is 43.3 Å². The molecule has 0 spiro atoms. The quantitative estimate of drug-likeness (QED) is 0.513. The molecule has 0 aliphatic rings. The number of rotatable bonds is 4. The molecule has 0 unspecified atom stereocenters. The van der Waals surface area contributed by atoms with E-state index in [1.54, 1.807) is 7.11 Å². The second-order valence-electron chi connectivity index (χ2n) is 4.83. The van der Waals surface area contributed by atoms with Crippen molar-refractivity contribution in [3.05, 3.63) is 59.7 Å². The topological polar surface area (TPSA) is 45.6 Å². The lowest BCUT2D eigenvalue weighted by atomic mass is 10.1. The average molecular weight is 313 g/mol. The largest absolute Gasteiger partial charge is 0.495 e. The first-order chi connectivity index (χ1) is 10.6. The molecule has 0 aliphatic heterocycles. The van der Waals surface area contributed by atoms with Crippen molar-refractivity contribution in [2.24, 2.45) is 5.10 Å². The summed E-state index contributed by atoms with van der Waals surface area (Å²) < 4.78 is 5.27. The van der Waals surface area contributed by atoms with Gasteiger partial charge in [0.15, 0.2) is 5.11 Å². The predicted molar refractivity (Wildman–Crippen MR) is 95.7 cm³/mol. The Morgan fingerprint density at radius 3 is 2.45 bits per heavy atom. The maximum atomic E-state index is 5.27. The Morgan fingerprint density at radius 1 is 1.09 bits per heavy atom. The summed E-state index contributed by atoms with van der Waals surface area (Å²) in [5.74, 6) is 0.728. The molecule has 114 valence electrons. The number of aryl methyl sites for hydroxylation is 1. The first kappa shape index (κ1) is 16.0. The molecular formula is C17H19N3OS. The average Bonchev–Trinajstić information content (AvgIpc) is 2.54. The number of anilines is 1. The highest BCUT2D eigenvalue weighted by Crippen LogP contribution is 2.22. The number of benzene rings is 2. The summed E-state index contributed by atoms with van der Waals surface area (Å²) in [6.07, 6.45) is 0. The molecule has 0 atom stereocenters. The number of hydrogen-bond donors (Lipinski definition) is 2. The van der Waals surface area contributed by atoms with Crippen molar-refractivity contribution in [1.29, 1.82) is 0 Å². The molecular weight excluding hydrogens is 294 g/mol. The number of methoxy groups -OCH3 is 1. The van der Waals surface area contributed by atoms with Gasteiger partial charge in [-0.3, -0.25) is 5.43 Å². The molecule has 0 aliphatic carbocycles. The fourth-order valence-electron chi connectivity index (χ4n) is 1.89. The van der Waals surface area contributed by atoms with E-state index in [0.717, 1.165) is 22.7 Å². The van der Waals surface area contributed by atoms with Gasteiger partial charge in [0.1, 0.15) is 5.75 Å². The van der Waals surface area contributed by atoms with Crippen LogP contribution in [0.2, 0.25) is 0 Å². The highest BCUT2D eigenvalue weighted by molar-refractivity contribution is 7.80. The number of para-hydroxylation sites is 2. The lowest BCUT2D eigenvalue weighted by Gasteiger charge is -2.11. The van der Waals surface area contributed by atoms with Gasteiger partial charge in [0.2, 0.25) is 0 Å². The van der Waals surface area contributed by atoms with Gasteiger partial charge in [-0.15, -0.1) is 0 Å². The van der Waals surface area contributed by atoms with Crippen LogP contribution in [0.5, 0.6) is 5.75 Å². The third-order valence-corrected chi connectivity index (χ3v) is 3.34. The number of hydrogen-bond acceptors (Lipinski definition) is 3. The smallest absolute Gasteiger partial charge is 0.191 e. The zero-order valence-corrected chi connectivity index (χ0v) is 13.7. The van der Waals surface area contributed by atoms with Crippen molar-refractivity contribution in [3.63, 3.8) is 0 Å². The summed E-state index contributed by atoms with van der Waals surface area (Å²) >= 11 is 5.25. The van der Waals surface area contributed by atoms with Crippen LogP contribution in [0.15, 0.2) is 53.6 Å². The Morgan fingerprint density at radius 2 is 1.77 bits per heavy atom. The Labute approximate surface area is 136 Å². The second-order valence-corrected chi connectivity index (χ2v) is 5.24. The van der Waals surface area contributed by atoms with E-state index < -0.39 is 0 Å². The van der Waals surface area contributed by atoms with Crippen LogP contribution in [0.3, 0.4) is 0 Å².